The molecule has 2 unspecified atom stereocenters. The number of nitrogen functional groups attached to an aromatic ring is 1. The molecule has 192 valence electrons. The highest BCUT2D eigenvalue weighted by Gasteiger charge is 2.43. The lowest BCUT2D eigenvalue weighted by Crippen LogP contribution is -2.52. The van der Waals surface area contributed by atoms with Crippen LogP contribution in [0.5, 0.6) is 0 Å². The molecule has 12 heteroatoms. The highest BCUT2D eigenvalue weighted by molar-refractivity contribution is 6.13. The molecule has 4 heterocycles. The van der Waals surface area contributed by atoms with E-state index in [-0.39, 0.29) is 29.3 Å². The Morgan fingerprint density at radius 1 is 1.25 bits per heavy atom. The van der Waals surface area contributed by atoms with Crippen LogP contribution in [0.3, 0.4) is 0 Å². The zero-order valence-corrected chi connectivity index (χ0v) is 20.6. The first-order valence-corrected chi connectivity index (χ1v) is 12.3. The van der Waals surface area contributed by atoms with Gasteiger partial charge >= 0.3 is 0 Å². The van der Waals surface area contributed by atoms with Crippen molar-refractivity contribution in [1.82, 2.24) is 25.1 Å². The number of hydrogen-bond donors (Lipinski definition) is 2. The van der Waals surface area contributed by atoms with E-state index in [1.165, 1.54) is 12.4 Å². The highest BCUT2D eigenvalue weighted by atomic mass is 16.5. The monoisotopic (exact) mass is 496 g/mol. The number of nitrogens with one attached hydrogen (secondary N) is 1. The molecule has 5 rings (SSSR count). The van der Waals surface area contributed by atoms with Crippen LogP contribution in [-0.2, 0) is 14.2 Å². The number of nitrogens with zero attached hydrogens (tertiary/aromatic N) is 6. The number of amides is 1. The zero-order chi connectivity index (χ0) is 25.1. The van der Waals surface area contributed by atoms with Crippen molar-refractivity contribution < 1.29 is 19.0 Å². The van der Waals surface area contributed by atoms with Crippen molar-refractivity contribution in [3.63, 3.8) is 0 Å². The number of carbonyl (C=O) groups is 1. The highest BCUT2D eigenvalue weighted by Crippen LogP contribution is 2.40. The molecule has 2 atom stereocenters. The number of hydrogen-bond acceptors (Lipinski definition) is 11. The molecule has 1 aromatic rings. The van der Waals surface area contributed by atoms with E-state index in [0.717, 1.165) is 45.1 Å². The predicted octanol–water partition coefficient (Wildman–Crippen LogP) is 0.619. The summed E-state index contributed by atoms with van der Waals surface area (Å²) in [7, 11) is 1.61. The molecule has 0 bridgehead atoms. The largest absolute Gasteiger partial charge is 0.491 e. The Morgan fingerprint density at radius 3 is 2.78 bits per heavy atom. The van der Waals surface area contributed by atoms with Crippen LogP contribution in [-0.4, -0.2) is 97.1 Å². The lowest BCUT2D eigenvalue weighted by Gasteiger charge is -2.37. The molecule has 0 spiro atoms. The normalized spacial score (nSPS) is 23.8. The molecule has 3 aliphatic heterocycles. The van der Waals surface area contributed by atoms with E-state index in [1.54, 1.807) is 7.11 Å². The molecule has 36 heavy (non-hydrogen) atoms. The van der Waals surface area contributed by atoms with Crippen molar-refractivity contribution in [2.75, 3.05) is 65.4 Å². The maximum atomic E-state index is 12.9. The topological polar surface area (TPSA) is 140 Å². The van der Waals surface area contributed by atoms with Crippen LogP contribution in [0.2, 0.25) is 0 Å². The molecule has 0 aromatic carbocycles. The quantitative estimate of drug-likeness (QED) is 0.520. The summed E-state index contributed by atoms with van der Waals surface area (Å²) in [5, 5.41) is 2.89. The van der Waals surface area contributed by atoms with Crippen molar-refractivity contribution in [3.8, 4) is 0 Å². The average molecular weight is 497 g/mol. The van der Waals surface area contributed by atoms with Gasteiger partial charge in [0.15, 0.2) is 11.5 Å². The minimum absolute atomic E-state index is 0.0799. The Kier molecular flexibility index (Phi) is 7.14. The molecule has 1 amide bonds. The van der Waals surface area contributed by atoms with Crippen LogP contribution in [0.1, 0.15) is 23.7 Å². The fraction of sp³-hybridized carbons (Fsp3) is 0.542. The Labute approximate surface area is 209 Å². The molecule has 1 saturated heterocycles. The molecular formula is C24H32N8O4. The van der Waals surface area contributed by atoms with Gasteiger partial charge in [-0.05, 0) is 18.4 Å². The third-order valence-corrected chi connectivity index (χ3v) is 6.67. The smallest absolute Gasteiger partial charge is 0.261 e. The van der Waals surface area contributed by atoms with Crippen LogP contribution in [0.4, 0.5) is 5.95 Å². The van der Waals surface area contributed by atoms with E-state index in [1.807, 2.05) is 4.90 Å². The SMILES string of the molecule is COC1=C2N=C(NC(=O)c3cnc(N)nc3)N3CCN=C3C2C(C)C=C1OCCCN1CCOCC1. The van der Waals surface area contributed by atoms with E-state index in [4.69, 9.17) is 29.9 Å². The number of fused-ring (bicyclic) bond motifs is 3. The minimum Gasteiger partial charge on any atom is -0.491 e. The minimum atomic E-state index is -0.378. The second-order valence-corrected chi connectivity index (χ2v) is 9.05. The van der Waals surface area contributed by atoms with Gasteiger partial charge in [0.2, 0.25) is 11.9 Å². The number of aromatic nitrogens is 2. The fourth-order valence-electron chi connectivity index (χ4n) is 4.86. The number of guanidine groups is 1. The van der Waals surface area contributed by atoms with Gasteiger partial charge in [-0.25, -0.2) is 15.0 Å². The van der Waals surface area contributed by atoms with Crippen LogP contribution < -0.4 is 11.1 Å². The Bertz CT molecular complexity index is 1110. The summed E-state index contributed by atoms with van der Waals surface area (Å²) in [6.45, 7) is 8.40. The van der Waals surface area contributed by atoms with Gasteiger partial charge in [0, 0.05) is 38.6 Å². The Hall–Kier alpha value is -3.51. The van der Waals surface area contributed by atoms with Crippen molar-refractivity contribution in [1.29, 1.82) is 0 Å². The standard InChI is InChI=1S/C24H32N8O4/c1-15-12-17(36-9-3-5-31-7-10-35-11-8-31)20(34-2)19-18(15)21-26-4-6-32(21)24(29-19)30-22(33)16-13-27-23(25)28-14-16/h12-15,18H,3-11H2,1-2H3,(H2,25,27,28)(H,29,30,33). The first-order valence-electron chi connectivity index (χ1n) is 12.3. The van der Waals surface area contributed by atoms with E-state index in [0.29, 0.717) is 42.9 Å². The third kappa shape index (κ3) is 4.91. The zero-order valence-electron chi connectivity index (χ0n) is 20.6. The number of morpholine rings is 1. The third-order valence-electron chi connectivity index (χ3n) is 6.67. The summed E-state index contributed by atoms with van der Waals surface area (Å²) in [6.07, 6.45) is 5.76. The van der Waals surface area contributed by atoms with Gasteiger partial charge in [-0.1, -0.05) is 6.92 Å². The van der Waals surface area contributed by atoms with Gasteiger partial charge in [-0.15, -0.1) is 0 Å². The van der Waals surface area contributed by atoms with E-state index in [9.17, 15) is 4.79 Å². The molecule has 4 aliphatic rings. The second-order valence-electron chi connectivity index (χ2n) is 9.05. The second kappa shape index (κ2) is 10.6. The molecule has 0 saturated carbocycles. The van der Waals surface area contributed by atoms with E-state index >= 15 is 0 Å². The van der Waals surface area contributed by atoms with Gasteiger partial charge in [0.05, 0.1) is 45.0 Å². The van der Waals surface area contributed by atoms with Crippen molar-refractivity contribution >= 4 is 23.7 Å². The van der Waals surface area contributed by atoms with Gasteiger partial charge < -0.3 is 19.9 Å². The summed E-state index contributed by atoms with van der Waals surface area (Å²) in [6, 6.07) is 0. The predicted molar refractivity (Wildman–Crippen MR) is 133 cm³/mol. The first kappa shape index (κ1) is 24.2. The molecule has 1 aromatic heterocycles. The van der Waals surface area contributed by atoms with Gasteiger partial charge in [-0.3, -0.25) is 24.9 Å². The molecule has 1 fully saturated rings. The summed E-state index contributed by atoms with van der Waals surface area (Å²) < 4.78 is 17.4. The lowest BCUT2D eigenvalue weighted by molar-refractivity contribution is 0.0340. The number of amidine groups is 1. The van der Waals surface area contributed by atoms with Crippen LogP contribution in [0.25, 0.3) is 0 Å². The van der Waals surface area contributed by atoms with E-state index < -0.39 is 0 Å². The molecule has 3 N–H and O–H groups in total. The summed E-state index contributed by atoms with van der Waals surface area (Å²) >= 11 is 0. The number of aliphatic imine (C=N–C) groups is 2. The Balaban J connectivity index is 1.35. The number of nitrogens with two attached hydrogens (primary N) is 1. The first-order chi connectivity index (χ1) is 17.5. The number of carbonyl (C=O) groups excluding carboxylic acids is 1. The molecule has 0 radical (unpaired) electrons. The van der Waals surface area contributed by atoms with Crippen molar-refractivity contribution in [2.24, 2.45) is 21.8 Å². The molecule has 1 aliphatic carbocycles. The summed E-state index contributed by atoms with van der Waals surface area (Å²) in [4.78, 5) is 34.6. The summed E-state index contributed by atoms with van der Waals surface area (Å²) in [5.41, 5.74) is 6.54. The van der Waals surface area contributed by atoms with Crippen molar-refractivity contribution in [3.05, 3.63) is 41.2 Å². The van der Waals surface area contributed by atoms with Crippen molar-refractivity contribution in [2.45, 2.75) is 13.3 Å². The lowest BCUT2D eigenvalue weighted by atomic mass is 9.83. The van der Waals surface area contributed by atoms with Gasteiger partial charge in [-0.2, -0.15) is 0 Å². The summed E-state index contributed by atoms with van der Waals surface area (Å²) in [5.74, 6) is 2.25. The van der Waals surface area contributed by atoms with Crippen LogP contribution >= 0.6 is 0 Å². The van der Waals surface area contributed by atoms with Gasteiger partial charge in [0.25, 0.3) is 5.91 Å². The molecular weight excluding hydrogens is 464 g/mol. The fourth-order valence-corrected chi connectivity index (χ4v) is 4.86. The van der Waals surface area contributed by atoms with Crippen LogP contribution in [0, 0.1) is 11.8 Å². The van der Waals surface area contributed by atoms with Crippen LogP contribution in [0.15, 0.2) is 45.7 Å². The van der Waals surface area contributed by atoms with Gasteiger partial charge in [0.1, 0.15) is 11.5 Å². The maximum absolute atomic E-state index is 12.9. The Morgan fingerprint density at radius 2 is 2.03 bits per heavy atom. The average Bonchev–Trinajstić information content (AvgIpc) is 3.38. The number of rotatable bonds is 7. The number of ether oxygens (including phenoxy) is 3. The molecule has 12 nitrogen and oxygen atoms in total. The number of anilines is 1. The number of methoxy groups -OCH3 is 1. The maximum Gasteiger partial charge on any atom is 0.261 e. The van der Waals surface area contributed by atoms with E-state index in [2.05, 4.69) is 33.2 Å². The number of allylic oxidation sites excluding steroid dienone is 1.